The van der Waals surface area contributed by atoms with Gasteiger partial charge in [-0.25, -0.2) is 23.9 Å². The van der Waals surface area contributed by atoms with Crippen LogP contribution in [0.1, 0.15) is 39.4 Å². The van der Waals surface area contributed by atoms with Crippen LogP contribution in [-0.4, -0.2) is 79.0 Å². The van der Waals surface area contributed by atoms with Gasteiger partial charge >= 0.3 is 11.9 Å². The van der Waals surface area contributed by atoms with Crippen molar-refractivity contribution < 1.29 is 35.1 Å². The molecule has 1 unspecified atom stereocenters. The van der Waals surface area contributed by atoms with Crippen molar-refractivity contribution in [2.75, 3.05) is 6.54 Å². The van der Waals surface area contributed by atoms with Gasteiger partial charge in [0, 0.05) is 0 Å². The van der Waals surface area contributed by atoms with Gasteiger partial charge in [-0.2, -0.15) is 0 Å². The minimum absolute atomic E-state index is 0.0948. The summed E-state index contributed by atoms with van der Waals surface area (Å²) in [4.78, 5) is 28.0. The normalized spacial score (nSPS) is 11.9. The standard InChI is InChI=1S/C26H22N8O7/c1-2-27-24(37)13-9-16(18-11-33(31-29-18)22-14(25(38)39)5-3-7-20(22)35)28-17(10-13)19-12-34(32-30-19)23-15(26(40)41)6-4-8-21(23)36/h3-12,24,27,35-37H,2H2,1H3,(H,38,39)(H,40,41). The largest absolute Gasteiger partial charge is 0.506 e. The molecular formula is C26H22N8O7. The number of para-hydroxylation sites is 2. The molecule has 0 fully saturated rings. The van der Waals surface area contributed by atoms with E-state index in [1.807, 2.05) is 6.92 Å². The van der Waals surface area contributed by atoms with Gasteiger partial charge in [-0.1, -0.05) is 29.5 Å². The first kappa shape index (κ1) is 26.9. The Balaban J connectivity index is 1.61. The van der Waals surface area contributed by atoms with Gasteiger partial charge in [0.05, 0.1) is 34.9 Å². The molecule has 3 aromatic heterocycles. The molecule has 15 heteroatoms. The van der Waals surface area contributed by atoms with Crippen molar-refractivity contribution in [3.63, 3.8) is 0 Å². The number of nitrogens with zero attached hydrogens (tertiary/aromatic N) is 7. The van der Waals surface area contributed by atoms with Crippen molar-refractivity contribution in [2.24, 2.45) is 0 Å². The van der Waals surface area contributed by atoms with Crippen molar-refractivity contribution in [1.82, 2.24) is 40.3 Å². The van der Waals surface area contributed by atoms with E-state index in [1.54, 1.807) is 12.1 Å². The average molecular weight is 559 g/mol. The first-order chi connectivity index (χ1) is 19.7. The molecule has 0 saturated heterocycles. The number of pyridine rings is 1. The van der Waals surface area contributed by atoms with E-state index in [1.165, 1.54) is 48.8 Å². The number of benzene rings is 2. The number of phenols is 2. The second kappa shape index (κ2) is 10.8. The number of aliphatic hydroxyl groups is 1. The lowest BCUT2D eigenvalue weighted by Crippen LogP contribution is -2.20. The average Bonchev–Trinajstić information content (AvgIpc) is 3.63. The predicted molar refractivity (Wildman–Crippen MR) is 141 cm³/mol. The summed E-state index contributed by atoms with van der Waals surface area (Å²) in [6.07, 6.45) is 1.63. The van der Waals surface area contributed by atoms with E-state index >= 15 is 0 Å². The third kappa shape index (κ3) is 5.17. The summed E-state index contributed by atoms with van der Waals surface area (Å²) in [7, 11) is 0. The van der Waals surface area contributed by atoms with Crippen LogP contribution in [0.4, 0.5) is 0 Å². The summed E-state index contributed by atoms with van der Waals surface area (Å²) in [5, 5.41) is 69.4. The van der Waals surface area contributed by atoms with Crippen LogP contribution >= 0.6 is 0 Å². The zero-order chi connectivity index (χ0) is 29.3. The molecule has 0 bridgehead atoms. The molecule has 6 N–H and O–H groups in total. The van der Waals surface area contributed by atoms with Crippen LogP contribution in [-0.2, 0) is 0 Å². The summed E-state index contributed by atoms with van der Waals surface area (Å²) in [5.74, 6) is -3.20. The fourth-order valence-corrected chi connectivity index (χ4v) is 4.15. The quantitative estimate of drug-likeness (QED) is 0.143. The van der Waals surface area contributed by atoms with Crippen LogP contribution in [0.2, 0.25) is 0 Å². The van der Waals surface area contributed by atoms with Gasteiger partial charge in [-0.05, 0) is 48.5 Å². The zero-order valence-corrected chi connectivity index (χ0v) is 21.2. The van der Waals surface area contributed by atoms with E-state index < -0.39 is 18.2 Å². The number of rotatable bonds is 9. The molecule has 3 heterocycles. The molecule has 2 aromatic carbocycles. The number of hydrogen-bond donors (Lipinski definition) is 6. The monoisotopic (exact) mass is 558 g/mol. The third-order valence-corrected chi connectivity index (χ3v) is 6.02. The Hall–Kier alpha value is -5.67. The molecule has 1 atom stereocenters. The number of aromatic nitrogens is 7. The van der Waals surface area contributed by atoms with Gasteiger partial charge in [0.2, 0.25) is 0 Å². The lowest BCUT2D eigenvalue weighted by Gasteiger charge is -2.13. The number of carboxylic acids is 2. The Morgan fingerprint density at radius 3 is 1.68 bits per heavy atom. The highest BCUT2D eigenvalue weighted by atomic mass is 16.4. The summed E-state index contributed by atoms with van der Waals surface area (Å²) < 4.78 is 2.20. The van der Waals surface area contributed by atoms with Gasteiger partial charge in [-0.15, -0.1) is 10.2 Å². The summed E-state index contributed by atoms with van der Waals surface area (Å²) in [6, 6.07) is 11.1. The minimum atomic E-state index is -1.28. The molecule has 0 saturated carbocycles. The SMILES string of the molecule is CCNC(O)c1cc(-c2cn(-c3c(O)cccc3C(=O)O)nn2)nc(-c2cn(-c3c(O)cccc3C(=O)O)nn2)c1. The fourth-order valence-electron chi connectivity index (χ4n) is 4.15. The zero-order valence-electron chi connectivity index (χ0n) is 21.2. The van der Waals surface area contributed by atoms with Gasteiger partial charge in [0.1, 0.15) is 40.5 Å². The fraction of sp³-hybridized carbons (Fsp3) is 0.115. The van der Waals surface area contributed by atoms with Crippen molar-refractivity contribution >= 4 is 11.9 Å². The molecule has 0 aliphatic carbocycles. The molecule has 0 amide bonds. The lowest BCUT2D eigenvalue weighted by atomic mass is 10.1. The first-order valence-corrected chi connectivity index (χ1v) is 12.1. The molecule has 0 radical (unpaired) electrons. The topological polar surface area (TPSA) is 222 Å². The van der Waals surface area contributed by atoms with Crippen molar-refractivity contribution in [2.45, 2.75) is 13.2 Å². The number of aromatic carboxylic acids is 2. The number of phenolic OH excluding ortho intramolecular Hbond substituents is 2. The van der Waals surface area contributed by atoms with E-state index in [2.05, 4.69) is 30.9 Å². The number of carbonyl (C=O) groups is 2. The molecule has 5 aromatic rings. The van der Waals surface area contributed by atoms with Crippen molar-refractivity contribution in [1.29, 1.82) is 0 Å². The Labute approximate surface area is 230 Å². The van der Waals surface area contributed by atoms with Crippen LogP contribution < -0.4 is 5.32 Å². The van der Waals surface area contributed by atoms with E-state index in [-0.39, 0.29) is 56.8 Å². The Morgan fingerprint density at radius 2 is 1.27 bits per heavy atom. The maximum absolute atomic E-state index is 11.7. The summed E-state index contributed by atoms with van der Waals surface area (Å²) >= 11 is 0. The smallest absolute Gasteiger partial charge is 0.338 e. The molecular weight excluding hydrogens is 536 g/mol. The van der Waals surface area contributed by atoms with Crippen LogP contribution in [0.3, 0.4) is 0 Å². The predicted octanol–water partition coefficient (Wildman–Crippen LogP) is 1.98. The number of hydrogen-bond acceptors (Lipinski definition) is 11. The van der Waals surface area contributed by atoms with Gasteiger partial charge < -0.3 is 25.5 Å². The second-order valence-electron chi connectivity index (χ2n) is 8.68. The Bertz CT molecular complexity index is 1660. The third-order valence-electron chi connectivity index (χ3n) is 6.02. The summed E-state index contributed by atoms with van der Waals surface area (Å²) in [6.45, 7) is 2.25. The molecule has 0 spiro atoms. The maximum atomic E-state index is 11.7. The van der Waals surface area contributed by atoms with Crippen LogP contribution in [0, 0.1) is 0 Å². The molecule has 41 heavy (non-hydrogen) atoms. The van der Waals surface area contributed by atoms with E-state index in [0.717, 1.165) is 9.36 Å². The van der Waals surface area contributed by atoms with E-state index in [0.29, 0.717) is 12.1 Å². The van der Waals surface area contributed by atoms with E-state index in [4.69, 9.17) is 0 Å². The maximum Gasteiger partial charge on any atom is 0.338 e. The highest BCUT2D eigenvalue weighted by Gasteiger charge is 2.22. The Morgan fingerprint density at radius 1 is 0.805 bits per heavy atom. The molecule has 15 nitrogen and oxygen atoms in total. The summed E-state index contributed by atoms with van der Waals surface area (Å²) in [5.41, 5.74) is 0.577. The number of nitrogens with one attached hydrogen (secondary N) is 1. The minimum Gasteiger partial charge on any atom is -0.506 e. The highest BCUT2D eigenvalue weighted by Crippen LogP contribution is 2.30. The number of aliphatic hydroxyl groups excluding tert-OH is 1. The molecule has 0 aliphatic heterocycles. The van der Waals surface area contributed by atoms with Crippen LogP contribution in [0.25, 0.3) is 34.2 Å². The first-order valence-electron chi connectivity index (χ1n) is 12.1. The molecule has 5 rings (SSSR count). The van der Waals surface area contributed by atoms with Crippen LogP contribution in [0.15, 0.2) is 60.9 Å². The van der Waals surface area contributed by atoms with Crippen molar-refractivity contribution in [3.8, 4) is 45.6 Å². The van der Waals surface area contributed by atoms with Crippen LogP contribution in [0.5, 0.6) is 11.5 Å². The molecule has 0 aliphatic rings. The number of carboxylic acid groups (broad SMARTS) is 2. The van der Waals surface area contributed by atoms with E-state index in [9.17, 15) is 35.1 Å². The van der Waals surface area contributed by atoms with Gasteiger partial charge in [-0.3, -0.25) is 5.32 Å². The van der Waals surface area contributed by atoms with Gasteiger partial charge in [0.25, 0.3) is 0 Å². The number of aromatic hydroxyl groups is 2. The second-order valence-corrected chi connectivity index (χ2v) is 8.68. The lowest BCUT2D eigenvalue weighted by molar-refractivity contribution is 0.0685. The van der Waals surface area contributed by atoms with Gasteiger partial charge in [0.15, 0.2) is 0 Å². The Kier molecular flexibility index (Phi) is 7.11. The van der Waals surface area contributed by atoms with Crippen molar-refractivity contribution in [3.05, 3.63) is 77.6 Å². The molecule has 208 valence electrons. The highest BCUT2D eigenvalue weighted by molar-refractivity contribution is 5.93.